The molecule has 0 spiro atoms. The number of anilines is 1. The quantitative estimate of drug-likeness (QED) is 0.878. The van der Waals surface area contributed by atoms with Crippen molar-refractivity contribution in [3.63, 3.8) is 0 Å². The Morgan fingerprint density at radius 1 is 1.41 bits per heavy atom. The van der Waals surface area contributed by atoms with Crippen LogP contribution in [0.5, 0.6) is 0 Å². The lowest BCUT2D eigenvalue weighted by molar-refractivity contribution is 0.307. The van der Waals surface area contributed by atoms with Crippen LogP contribution in [0.4, 0.5) is 14.5 Å². The molecule has 0 atom stereocenters. The van der Waals surface area contributed by atoms with E-state index in [0.717, 1.165) is 12.8 Å². The topological polar surface area (TPSA) is 42.1 Å². The maximum Gasteiger partial charge on any atom is 0.164 e. The fourth-order valence-corrected chi connectivity index (χ4v) is 2.15. The molecule has 0 aromatic carbocycles. The minimum Gasteiger partial charge on any atom is -0.369 e. The largest absolute Gasteiger partial charge is 0.369 e. The molecule has 0 aliphatic carbocycles. The highest BCUT2D eigenvalue weighted by molar-refractivity contribution is 5.48. The maximum absolute atomic E-state index is 13.7. The van der Waals surface area contributed by atoms with Crippen molar-refractivity contribution >= 4 is 5.69 Å². The number of rotatable bonds is 3. The second-order valence-corrected chi connectivity index (χ2v) is 4.42. The number of pyridine rings is 1. The Hall–Kier alpha value is -1.23. The first-order valence-corrected chi connectivity index (χ1v) is 5.90. The zero-order valence-corrected chi connectivity index (χ0v) is 9.70. The predicted octanol–water partition coefficient (Wildman–Crippen LogP) is 1.87. The second-order valence-electron chi connectivity index (χ2n) is 4.42. The zero-order valence-electron chi connectivity index (χ0n) is 9.70. The normalized spacial score (nSPS) is 17.5. The van der Waals surface area contributed by atoms with E-state index in [9.17, 15) is 8.78 Å². The molecule has 0 amide bonds. The first kappa shape index (κ1) is 12.2. The van der Waals surface area contributed by atoms with Gasteiger partial charge in [0.25, 0.3) is 0 Å². The summed E-state index contributed by atoms with van der Waals surface area (Å²) < 4.78 is 26.1. The molecule has 1 aliphatic heterocycles. The fraction of sp³-hybridized carbons (Fsp3) is 0.583. The van der Waals surface area contributed by atoms with Gasteiger partial charge in [-0.1, -0.05) is 0 Å². The Morgan fingerprint density at radius 3 is 2.71 bits per heavy atom. The first-order chi connectivity index (χ1) is 8.24. The lowest BCUT2D eigenvalue weighted by Gasteiger charge is -2.32. The van der Waals surface area contributed by atoms with E-state index in [-0.39, 0.29) is 18.4 Å². The van der Waals surface area contributed by atoms with Gasteiger partial charge >= 0.3 is 0 Å². The Balaban J connectivity index is 2.12. The monoisotopic (exact) mass is 241 g/mol. The van der Waals surface area contributed by atoms with Gasteiger partial charge in [-0.15, -0.1) is 0 Å². The van der Waals surface area contributed by atoms with Crippen LogP contribution in [0.15, 0.2) is 12.3 Å². The highest BCUT2D eigenvalue weighted by Crippen LogP contribution is 2.25. The summed E-state index contributed by atoms with van der Waals surface area (Å²) in [6.07, 6.45) is 2.76. The molecule has 0 unspecified atom stereocenters. The van der Waals surface area contributed by atoms with E-state index >= 15 is 0 Å². The predicted molar refractivity (Wildman–Crippen MR) is 63.0 cm³/mol. The van der Waals surface area contributed by atoms with Gasteiger partial charge in [-0.05, 0) is 24.8 Å². The third kappa shape index (κ3) is 2.72. The molecule has 17 heavy (non-hydrogen) atoms. The maximum atomic E-state index is 13.7. The van der Waals surface area contributed by atoms with Crippen LogP contribution in [0.3, 0.4) is 0 Å². The van der Waals surface area contributed by atoms with Gasteiger partial charge in [0.1, 0.15) is 0 Å². The Labute approximate surface area is 99.6 Å². The molecule has 0 radical (unpaired) electrons. The van der Waals surface area contributed by atoms with Crippen molar-refractivity contribution in [2.75, 3.05) is 24.7 Å². The van der Waals surface area contributed by atoms with E-state index in [1.54, 1.807) is 6.07 Å². The number of nitrogens with two attached hydrogens (primary N) is 1. The summed E-state index contributed by atoms with van der Waals surface area (Å²) in [5.74, 6) is -0.203. The number of piperidine rings is 1. The summed E-state index contributed by atoms with van der Waals surface area (Å²) in [6.45, 7) is 1.41. The third-order valence-corrected chi connectivity index (χ3v) is 3.27. The van der Waals surface area contributed by atoms with Gasteiger partial charge < -0.3 is 10.6 Å². The summed E-state index contributed by atoms with van der Waals surface area (Å²) in [5, 5.41) is 0. The zero-order chi connectivity index (χ0) is 12.3. The van der Waals surface area contributed by atoms with Gasteiger partial charge in [0.05, 0.1) is 24.3 Å². The molecule has 3 nitrogen and oxygen atoms in total. The summed E-state index contributed by atoms with van der Waals surface area (Å²) in [4.78, 5) is 5.84. The van der Waals surface area contributed by atoms with E-state index in [4.69, 9.17) is 5.73 Å². The van der Waals surface area contributed by atoms with E-state index in [0.29, 0.717) is 31.0 Å². The Morgan fingerprint density at radius 2 is 2.12 bits per heavy atom. The molecule has 5 heteroatoms. The van der Waals surface area contributed by atoms with Crippen LogP contribution in [0.1, 0.15) is 18.5 Å². The summed E-state index contributed by atoms with van der Waals surface area (Å²) >= 11 is 0. The SMILES string of the molecule is NCc1cc(N2CCC(CF)CC2)c(F)cn1. The molecule has 1 aromatic heterocycles. The molecule has 94 valence electrons. The fourth-order valence-electron chi connectivity index (χ4n) is 2.15. The number of alkyl halides is 1. The summed E-state index contributed by atoms with van der Waals surface area (Å²) in [6, 6.07) is 1.69. The molecule has 1 saturated heterocycles. The average Bonchev–Trinajstić information content (AvgIpc) is 2.39. The molecular weight excluding hydrogens is 224 g/mol. The molecular formula is C12H17F2N3. The van der Waals surface area contributed by atoms with Crippen LogP contribution >= 0.6 is 0 Å². The van der Waals surface area contributed by atoms with Crippen molar-refractivity contribution in [1.29, 1.82) is 0 Å². The van der Waals surface area contributed by atoms with Gasteiger partial charge in [-0.3, -0.25) is 9.37 Å². The molecule has 2 rings (SSSR count). The third-order valence-electron chi connectivity index (χ3n) is 3.27. The van der Waals surface area contributed by atoms with Crippen LogP contribution in [0, 0.1) is 11.7 Å². The van der Waals surface area contributed by atoms with E-state index in [1.165, 1.54) is 6.20 Å². The number of hydrogen-bond donors (Lipinski definition) is 1. The second kappa shape index (κ2) is 5.40. The lowest BCUT2D eigenvalue weighted by Crippen LogP contribution is -2.35. The minimum atomic E-state index is -0.333. The Bertz CT molecular complexity index is 376. The Kier molecular flexibility index (Phi) is 3.89. The van der Waals surface area contributed by atoms with Crippen LogP contribution in [-0.4, -0.2) is 24.7 Å². The molecule has 1 aromatic rings. The van der Waals surface area contributed by atoms with Gasteiger partial charge in [0.2, 0.25) is 0 Å². The highest BCUT2D eigenvalue weighted by Gasteiger charge is 2.21. The minimum absolute atomic E-state index is 0.130. The average molecular weight is 241 g/mol. The van der Waals surface area contributed by atoms with Crippen molar-refractivity contribution in [3.05, 3.63) is 23.8 Å². The smallest absolute Gasteiger partial charge is 0.164 e. The van der Waals surface area contributed by atoms with Gasteiger partial charge in [-0.2, -0.15) is 0 Å². The van der Waals surface area contributed by atoms with E-state index in [2.05, 4.69) is 4.98 Å². The van der Waals surface area contributed by atoms with E-state index in [1.807, 2.05) is 4.90 Å². The first-order valence-electron chi connectivity index (χ1n) is 5.90. The summed E-state index contributed by atoms with van der Waals surface area (Å²) in [7, 11) is 0. The molecule has 0 saturated carbocycles. The molecule has 1 aliphatic rings. The summed E-state index contributed by atoms with van der Waals surface area (Å²) in [5.41, 5.74) is 6.70. The van der Waals surface area contributed by atoms with E-state index < -0.39 is 0 Å². The van der Waals surface area contributed by atoms with Crippen molar-refractivity contribution < 1.29 is 8.78 Å². The van der Waals surface area contributed by atoms with Crippen molar-refractivity contribution in [2.45, 2.75) is 19.4 Å². The van der Waals surface area contributed by atoms with Gasteiger partial charge in [-0.25, -0.2) is 4.39 Å². The van der Waals surface area contributed by atoms with Gasteiger partial charge in [0.15, 0.2) is 5.82 Å². The van der Waals surface area contributed by atoms with Crippen molar-refractivity contribution in [2.24, 2.45) is 11.7 Å². The molecule has 2 heterocycles. The number of aromatic nitrogens is 1. The molecule has 0 bridgehead atoms. The molecule has 1 fully saturated rings. The van der Waals surface area contributed by atoms with Gasteiger partial charge in [0, 0.05) is 19.6 Å². The van der Waals surface area contributed by atoms with Crippen molar-refractivity contribution in [1.82, 2.24) is 4.98 Å². The highest BCUT2D eigenvalue weighted by atomic mass is 19.1. The van der Waals surface area contributed by atoms with Crippen LogP contribution in [0.2, 0.25) is 0 Å². The van der Waals surface area contributed by atoms with Crippen LogP contribution in [0.25, 0.3) is 0 Å². The number of nitrogens with zero attached hydrogens (tertiary/aromatic N) is 2. The van der Waals surface area contributed by atoms with Crippen molar-refractivity contribution in [3.8, 4) is 0 Å². The number of hydrogen-bond acceptors (Lipinski definition) is 3. The lowest BCUT2D eigenvalue weighted by atomic mass is 9.98. The standard InChI is InChI=1S/C12H17F2N3/c13-6-9-1-3-17(4-2-9)12-5-10(7-15)16-8-11(12)14/h5,8-9H,1-4,6-7,15H2. The van der Waals surface area contributed by atoms with Crippen LogP contribution < -0.4 is 10.6 Å². The van der Waals surface area contributed by atoms with Crippen LogP contribution in [-0.2, 0) is 6.54 Å². The molecule has 2 N–H and O–H groups in total. The number of halogens is 2.